The van der Waals surface area contributed by atoms with E-state index in [1.54, 1.807) is 6.08 Å². The third-order valence-electron chi connectivity index (χ3n) is 3.48. The Morgan fingerprint density at radius 3 is 2.80 bits per heavy atom. The zero-order chi connectivity index (χ0) is 14.3. The Bertz CT molecular complexity index is 728. The molecule has 1 aliphatic heterocycles. The fraction of sp³-hybridized carbons (Fsp3) is 0.188. The highest BCUT2D eigenvalue weighted by Crippen LogP contribution is 2.38. The molecule has 0 aliphatic carbocycles. The van der Waals surface area contributed by atoms with Crippen molar-refractivity contribution in [3.8, 4) is 0 Å². The summed E-state index contributed by atoms with van der Waals surface area (Å²) in [7, 11) is 0. The molecule has 1 aliphatic rings. The molecule has 2 aromatic rings. The van der Waals surface area contributed by atoms with Gasteiger partial charge >= 0.3 is 0 Å². The van der Waals surface area contributed by atoms with Crippen LogP contribution < -0.4 is 5.32 Å². The van der Waals surface area contributed by atoms with Crippen LogP contribution in [0.3, 0.4) is 0 Å². The summed E-state index contributed by atoms with van der Waals surface area (Å²) in [5.41, 5.74) is 3.49. The quantitative estimate of drug-likeness (QED) is 0.828. The monoisotopic (exact) mass is 331 g/mol. The van der Waals surface area contributed by atoms with Gasteiger partial charge in [-0.25, -0.2) is 0 Å². The van der Waals surface area contributed by atoms with Crippen LogP contribution in [0.15, 0.2) is 33.2 Å². The maximum absolute atomic E-state index is 12.1. The largest absolute Gasteiger partial charge is 0.462 e. The number of benzene rings is 1. The molecular weight excluding hydrogens is 318 g/mol. The Balaban J connectivity index is 2.12. The number of rotatable bonds is 2. The standard InChI is InChI=1S/C16H14BrNO2/c1-3-10-4-5-11(20-10)8-12-15-9(2)13(17)6-7-14(15)18-16(12)19/h4-8H,3H2,1-2H3,(H,18,19). The van der Waals surface area contributed by atoms with Crippen LogP contribution in [0, 0.1) is 6.92 Å². The molecule has 0 unspecified atom stereocenters. The van der Waals surface area contributed by atoms with Gasteiger partial charge in [0.05, 0.1) is 5.57 Å². The van der Waals surface area contributed by atoms with Crippen molar-refractivity contribution in [2.24, 2.45) is 0 Å². The third-order valence-corrected chi connectivity index (χ3v) is 4.34. The Labute approximate surface area is 125 Å². The van der Waals surface area contributed by atoms with Crippen molar-refractivity contribution < 1.29 is 9.21 Å². The first-order valence-corrected chi connectivity index (χ1v) is 7.30. The maximum atomic E-state index is 12.1. The van der Waals surface area contributed by atoms with E-state index in [9.17, 15) is 4.79 Å². The van der Waals surface area contributed by atoms with Gasteiger partial charge in [-0.2, -0.15) is 0 Å². The lowest BCUT2D eigenvalue weighted by Crippen LogP contribution is -2.03. The van der Waals surface area contributed by atoms with Gasteiger partial charge in [0.15, 0.2) is 0 Å². The molecule has 2 heterocycles. The van der Waals surface area contributed by atoms with Gasteiger partial charge in [-0.3, -0.25) is 4.79 Å². The summed E-state index contributed by atoms with van der Waals surface area (Å²) in [4.78, 5) is 12.1. The average molecular weight is 332 g/mol. The summed E-state index contributed by atoms with van der Waals surface area (Å²) in [6, 6.07) is 7.68. The SMILES string of the molecule is CCc1ccc(C=C2C(=O)Nc3ccc(Br)c(C)c32)o1. The fourth-order valence-corrected chi connectivity index (χ4v) is 2.71. The fourth-order valence-electron chi connectivity index (χ4n) is 2.38. The van der Waals surface area contributed by atoms with Gasteiger partial charge < -0.3 is 9.73 Å². The third kappa shape index (κ3) is 2.10. The number of aryl methyl sites for hydroxylation is 1. The number of fused-ring (bicyclic) bond motifs is 1. The summed E-state index contributed by atoms with van der Waals surface area (Å²) in [5.74, 6) is 1.54. The molecule has 1 aromatic carbocycles. The van der Waals surface area contributed by atoms with Crippen LogP contribution in [0.1, 0.15) is 29.6 Å². The van der Waals surface area contributed by atoms with Crippen LogP contribution in [0.5, 0.6) is 0 Å². The van der Waals surface area contributed by atoms with Crippen LogP contribution in [0.25, 0.3) is 11.6 Å². The molecule has 0 fully saturated rings. The molecule has 0 bridgehead atoms. The second-order valence-electron chi connectivity index (χ2n) is 4.76. The van der Waals surface area contributed by atoms with E-state index in [1.165, 1.54) is 0 Å². The topological polar surface area (TPSA) is 42.2 Å². The number of amides is 1. The van der Waals surface area contributed by atoms with E-state index in [4.69, 9.17) is 4.42 Å². The minimum Gasteiger partial charge on any atom is -0.462 e. The Kier molecular flexibility index (Phi) is 3.26. The number of furan rings is 1. The van der Waals surface area contributed by atoms with Gasteiger partial charge in [0.2, 0.25) is 0 Å². The van der Waals surface area contributed by atoms with Crippen LogP contribution in [0.2, 0.25) is 0 Å². The van der Waals surface area contributed by atoms with E-state index in [-0.39, 0.29) is 5.91 Å². The van der Waals surface area contributed by atoms with Crippen molar-refractivity contribution >= 4 is 39.2 Å². The van der Waals surface area contributed by atoms with Gasteiger partial charge in [-0.05, 0) is 42.8 Å². The van der Waals surface area contributed by atoms with Crippen LogP contribution in [-0.2, 0) is 11.2 Å². The molecule has 0 saturated heterocycles. The highest BCUT2D eigenvalue weighted by molar-refractivity contribution is 9.10. The van der Waals surface area contributed by atoms with E-state index in [2.05, 4.69) is 21.2 Å². The molecule has 0 spiro atoms. The van der Waals surface area contributed by atoms with Crippen LogP contribution >= 0.6 is 15.9 Å². The molecule has 0 saturated carbocycles. The summed E-state index contributed by atoms with van der Waals surface area (Å²) in [6.07, 6.45) is 2.65. The highest BCUT2D eigenvalue weighted by atomic mass is 79.9. The molecule has 1 amide bonds. The minimum atomic E-state index is -0.0874. The van der Waals surface area contributed by atoms with Crippen molar-refractivity contribution in [1.29, 1.82) is 0 Å². The zero-order valence-electron chi connectivity index (χ0n) is 11.3. The molecular formula is C16H14BrNO2. The van der Waals surface area contributed by atoms with Gasteiger partial charge in [0.1, 0.15) is 11.5 Å². The molecule has 0 radical (unpaired) electrons. The number of carbonyl (C=O) groups excluding carboxylic acids is 1. The van der Waals surface area contributed by atoms with E-state index in [0.29, 0.717) is 11.3 Å². The van der Waals surface area contributed by atoms with Crippen LogP contribution in [-0.4, -0.2) is 5.91 Å². The van der Waals surface area contributed by atoms with Crippen LogP contribution in [0.4, 0.5) is 5.69 Å². The summed E-state index contributed by atoms with van der Waals surface area (Å²) in [6.45, 7) is 4.03. The minimum absolute atomic E-state index is 0.0874. The van der Waals surface area contributed by atoms with Crippen molar-refractivity contribution in [3.63, 3.8) is 0 Å². The molecule has 1 N–H and O–H groups in total. The van der Waals surface area contributed by atoms with E-state index >= 15 is 0 Å². The molecule has 3 rings (SSSR count). The van der Waals surface area contributed by atoms with E-state index < -0.39 is 0 Å². The predicted molar refractivity (Wildman–Crippen MR) is 83.5 cm³/mol. The number of hydrogen-bond donors (Lipinski definition) is 1. The lowest BCUT2D eigenvalue weighted by molar-refractivity contribution is -0.110. The van der Waals surface area contributed by atoms with Gasteiger partial charge in [-0.1, -0.05) is 22.9 Å². The molecule has 3 nitrogen and oxygen atoms in total. The molecule has 102 valence electrons. The van der Waals surface area contributed by atoms with E-state index in [1.807, 2.05) is 38.1 Å². The normalized spacial score (nSPS) is 15.6. The summed E-state index contributed by atoms with van der Waals surface area (Å²) < 4.78 is 6.65. The van der Waals surface area contributed by atoms with Crippen molar-refractivity contribution in [2.75, 3.05) is 5.32 Å². The van der Waals surface area contributed by atoms with E-state index in [0.717, 1.165) is 33.5 Å². The Hall–Kier alpha value is -1.81. The molecule has 0 atom stereocenters. The highest BCUT2D eigenvalue weighted by Gasteiger charge is 2.27. The summed E-state index contributed by atoms with van der Waals surface area (Å²) in [5, 5.41) is 2.89. The van der Waals surface area contributed by atoms with Gasteiger partial charge in [0.25, 0.3) is 5.91 Å². The zero-order valence-corrected chi connectivity index (χ0v) is 12.9. The predicted octanol–water partition coefficient (Wildman–Crippen LogP) is 4.41. The summed E-state index contributed by atoms with van der Waals surface area (Å²) >= 11 is 3.51. The van der Waals surface area contributed by atoms with Gasteiger partial charge in [0, 0.05) is 22.1 Å². The Morgan fingerprint density at radius 1 is 1.30 bits per heavy atom. The smallest absolute Gasteiger partial charge is 0.256 e. The Morgan fingerprint density at radius 2 is 2.10 bits per heavy atom. The number of halogens is 1. The molecule has 4 heteroatoms. The molecule has 20 heavy (non-hydrogen) atoms. The second kappa shape index (κ2) is 4.94. The first-order chi connectivity index (χ1) is 9.60. The van der Waals surface area contributed by atoms with Crippen molar-refractivity contribution in [1.82, 2.24) is 0 Å². The van der Waals surface area contributed by atoms with Crippen molar-refractivity contribution in [2.45, 2.75) is 20.3 Å². The lowest BCUT2D eigenvalue weighted by Gasteiger charge is -2.05. The van der Waals surface area contributed by atoms with Gasteiger partial charge in [-0.15, -0.1) is 0 Å². The number of anilines is 1. The first-order valence-electron chi connectivity index (χ1n) is 6.51. The number of carbonyl (C=O) groups is 1. The second-order valence-corrected chi connectivity index (χ2v) is 5.62. The maximum Gasteiger partial charge on any atom is 0.256 e. The molecule has 1 aromatic heterocycles. The number of nitrogens with one attached hydrogen (secondary N) is 1. The average Bonchev–Trinajstić information content (AvgIpc) is 3.00. The van der Waals surface area contributed by atoms with Crippen molar-refractivity contribution in [3.05, 3.63) is 51.4 Å². The first kappa shape index (κ1) is 13.2. The number of hydrogen-bond acceptors (Lipinski definition) is 2. The lowest BCUT2D eigenvalue weighted by atomic mass is 10.0.